The zero-order chi connectivity index (χ0) is 27.8. The Bertz CT molecular complexity index is 1490. The second-order valence-corrected chi connectivity index (χ2v) is 8.92. The van der Waals surface area contributed by atoms with Gasteiger partial charge < -0.3 is 14.8 Å². The van der Waals surface area contributed by atoms with Gasteiger partial charge in [0.25, 0.3) is 0 Å². The lowest BCUT2D eigenvalue weighted by molar-refractivity contribution is -0.141. The number of ether oxygens (including phenoxy) is 2. The van der Waals surface area contributed by atoms with Crippen LogP contribution in [0.1, 0.15) is 43.8 Å². The first-order valence-corrected chi connectivity index (χ1v) is 12.3. The van der Waals surface area contributed by atoms with Crippen molar-refractivity contribution in [3.8, 4) is 22.8 Å². The van der Waals surface area contributed by atoms with Crippen molar-refractivity contribution in [1.29, 1.82) is 0 Å². The lowest BCUT2D eigenvalue weighted by Crippen LogP contribution is -2.11. The van der Waals surface area contributed by atoms with Crippen molar-refractivity contribution < 1.29 is 27.0 Å². The van der Waals surface area contributed by atoms with E-state index in [9.17, 15) is 13.2 Å². The van der Waals surface area contributed by atoms with Crippen LogP contribution in [0.3, 0.4) is 0 Å². The van der Waals surface area contributed by atoms with E-state index < -0.39 is 29.5 Å². The number of imidazole rings is 1. The lowest BCUT2D eigenvalue weighted by atomic mass is 9.93. The van der Waals surface area contributed by atoms with E-state index in [4.69, 9.17) is 32.7 Å². The average molecular weight is 572 g/mol. The predicted octanol–water partition coefficient (Wildman–Crippen LogP) is 7.25. The lowest BCUT2D eigenvalue weighted by Gasteiger charge is -2.22. The number of alkyl halides is 3. The van der Waals surface area contributed by atoms with Gasteiger partial charge in [-0.25, -0.2) is 19.3 Å². The molecule has 0 unspecified atom stereocenters. The molecule has 1 N–H and O–H groups in total. The Morgan fingerprint density at radius 3 is 2.53 bits per heavy atom. The van der Waals surface area contributed by atoms with Crippen molar-refractivity contribution in [2.75, 3.05) is 25.6 Å². The van der Waals surface area contributed by atoms with E-state index in [1.807, 2.05) is 6.92 Å². The van der Waals surface area contributed by atoms with E-state index >= 15 is 4.39 Å². The predicted molar refractivity (Wildman–Crippen MR) is 137 cm³/mol. The van der Waals surface area contributed by atoms with Gasteiger partial charge in [-0.05, 0) is 32.0 Å². The monoisotopic (exact) mass is 571 g/mol. The number of benzene rings is 1. The molecule has 0 bridgehead atoms. The number of fused-ring (bicyclic) bond motifs is 1. The fourth-order valence-corrected chi connectivity index (χ4v) is 4.68. The molecule has 0 aliphatic heterocycles. The number of aromatic nitrogens is 4. The smallest absolute Gasteiger partial charge is 0.433 e. The summed E-state index contributed by atoms with van der Waals surface area (Å²) in [6, 6.07) is 3.23. The molecule has 0 saturated heterocycles. The fraction of sp³-hybridized carbons (Fsp3) is 0.320. The number of methoxy groups -OCH3 is 1. The van der Waals surface area contributed by atoms with Gasteiger partial charge in [-0.1, -0.05) is 30.1 Å². The third kappa shape index (κ3) is 4.92. The quantitative estimate of drug-likeness (QED) is 0.224. The third-order valence-corrected chi connectivity index (χ3v) is 6.38. The van der Waals surface area contributed by atoms with Gasteiger partial charge in [0.05, 0.1) is 29.9 Å². The number of pyridine rings is 1. The van der Waals surface area contributed by atoms with Gasteiger partial charge in [-0.2, -0.15) is 13.2 Å². The molecule has 1 atom stereocenters. The summed E-state index contributed by atoms with van der Waals surface area (Å²) in [6.07, 6.45) is -1.44. The zero-order valence-electron chi connectivity index (χ0n) is 20.8. The maximum atomic E-state index is 15.6. The van der Waals surface area contributed by atoms with Crippen molar-refractivity contribution >= 4 is 34.5 Å². The normalized spacial score (nSPS) is 12.6. The van der Waals surface area contributed by atoms with Crippen molar-refractivity contribution in [2.45, 2.75) is 32.9 Å². The van der Waals surface area contributed by atoms with Gasteiger partial charge in [0, 0.05) is 30.4 Å². The van der Waals surface area contributed by atoms with E-state index in [0.717, 1.165) is 19.2 Å². The van der Waals surface area contributed by atoms with Gasteiger partial charge in [-0.15, -0.1) is 0 Å². The summed E-state index contributed by atoms with van der Waals surface area (Å²) in [5, 5.41) is 3.07. The summed E-state index contributed by atoms with van der Waals surface area (Å²) >= 11 is 12.8. The number of nitrogens with zero attached hydrogens (tertiary/aromatic N) is 4. The van der Waals surface area contributed by atoms with Gasteiger partial charge in [0.15, 0.2) is 16.8 Å². The molecule has 0 aliphatic carbocycles. The van der Waals surface area contributed by atoms with Crippen LogP contribution in [0.5, 0.6) is 11.6 Å². The zero-order valence-corrected chi connectivity index (χ0v) is 22.3. The van der Waals surface area contributed by atoms with Gasteiger partial charge in [0.2, 0.25) is 5.88 Å². The summed E-state index contributed by atoms with van der Waals surface area (Å²) in [6.45, 7) is 6.15. The van der Waals surface area contributed by atoms with Crippen molar-refractivity contribution in [2.24, 2.45) is 0 Å². The Balaban J connectivity index is 1.97. The average Bonchev–Trinajstić information content (AvgIpc) is 3.22. The Hall–Kier alpha value is -3.31. The van der Waals surface area contributed by atoms with E-state index in [1.165, 1.54) is 6.07 Å². The van der Waals surface area contributed by atoms with Crippen LogP contribution in [-0.4, -0.2) is 39.6 Å². The van der Waals surface area contributed by atoms with Crippen molar-refractivity contribution in [1.82, 2.24) is 19.4 Å². The largest absolute Gasteiger partial charge is 0.493 e. The molecule has 0 aliphatic rings. The first-order chi connectivity index (χ1) is 18.0. The highest BCUT2D eigenvalue weighted by atomic mass is 35.5. The molecule has 7 nitrogen and oxygen atoms in total. The first-order valence-electron chi connectivity index (χ1n) is 11.6. The minimum Gasteiger partial charge on any atom is -0.493 e. The summed E-state index contributed by atoms with van der Waals surface area (Å²) in [5.41, 5.74) is -0.433. The van der Waals surface area contributed by atoms with Crippen LogP contribution in [-0.2, 0) is 6.18 Å². The molecule has 38 heavy (non-hydrogen) atoms. The van der Waals surface area contributed by atoms with E-state index in [-0.39, 0.29) is 33.7 Å². The topological polar surface area (TPSA) is 73.6 Å². The number of nitrogens with one attached hydrogen (secondary N) is 1. The molecule has 0 fully saturated rings. The van der Waals surface area contributed by atoms with Crippen LogP contribution >= 0.6 is 23.2 Å². The van der Waals surface area contributed by atoms with Crippen LogP contribution in [0.15, 0.2) is 30.6 Å². The van der Waals surface area contributed by atoms with Gasteiger partial charge in [0.1, 0.15) is 22.8 Å². The number of anilines is 1. The fourth-order valence-electron chi connectivity index (χ4n) is 4.20. The highest BCUT2D eigenvalue weighted by molar-refractivity contribution is 6.33. The second-order valence-electron chi connectivity index (χ2n) is 8.16. The SMILES string of the molecule is CCNc1nccn2c([C@H](C)c3cc(Cl)c(F)c(-c4ccc(C(F)(F)F)nc4OC)c3OCC)nc(Cl)c12. The summed E-state index contributed by atoms with van der Waals surface area (Å²) in [7, 11) is 1.15. The second kappa shape index (κ2) is 10.8. The molecule has 1 aromatic carbocycles. The van der Waals surface area contributed by atoms with Crippen LogP contribution in [0.4, 0.5) is 23.4 Å². The molecule has 13 heteroatoms. The molecule has 0 spiro atoms. The Labute approximate surface area is 225 Å². The number of hydrogen-bond donors (Lipinski definition) is 1. The molecule has 4 rings (SSSR count). The van der Waals surface area contributed by atoms with Gasteiger partial charge in [-0.3, -0.25) is 4.40 Å². The molecule has 3 aromatic heterocycles. The molecule has 3 heterocycles. The minimum absolute atomic E-state index is 0.0537. The number of halogens is 6. The number of hydrogen-bond acceptors (Lipinski definition) is 6. The van der Waals surface area contributed by atoms with E-state index in [2.05, 4.69) is 20.3 Å². The molecule has 202 valence electrons. The standard InChI is InChI=1S/C25H23Cl2F4N5O2/c1-5-32-22-19-21(27)35-23(36(19)10-9-33-22)12(3)14-11-15(26)18(28)17(20(14)38-6-2)13-7-8-16(25(29,30)31)34-24(13)37-4/h7-12H,5-6H2,1-4H3,(H,32,33)/t12-/m1/s1. The summed E-state index contributed by atoms with van der Waals surface area (Å²) in [5.74, 6) is -0.797. The highest BCUT2D eigenvalue weighted by Gasteiger charge is 2.35. The Morgan fingerprint density at radius 2 is 1.89 bits per heavy atom. The molecule has 0 radical (unpaired) electrons. The summed E-state index contributed by atoms with van der Waals surface area (Å²) < 4.78 is 68.2. The van der Waals surface area contributed by atoms with Gasteiger partial charge >= 0.3 is 6.18 Å². The molecular weight excluding hydrogens is 549 g/mol. The van der Waals surface area contributed by atoms with Crippen molar-refractivity contribution in [3.63, 3.8) is 0 Å². The van der Waals surface area contributed by atoms with E-state index in [1.54, 1.807) is 30.6 Å². The van der Waals surface area contributed by atoms with E-state index in [0.29, 0.717) is 29.3 Å². The molecule has 4 aromatic rings. The maximum Gasteiger partial charge on any atom is 0.433 e. The molecule has 0 saturated carbocycles. The molecule has 0 amide bonds. The Morgan fingerprint density at radius 1 is 1.16 bits per heavy atom. The van der Waals surface area contributed by atoms with Crippen LogP contribution in [0.2, 0.25) is 10.2 Å². The van der Waals surface area contributed by atoms with Crippen molar-refractivity contribution in [3.05, 3.63) is 63.7 Å². The molecular formula is C25H23Cl2F4N5O2. The van der Waals surface area contributed by atoms with Crippen LogP contribution in [0.25, 0.3) is 16.6 Å². The Kier molecular flexibility index (Phi) is 7.89. The first kappa shape index (κ1) is 27.7. The third-order valence-electron chi connectivity index (χ3n) is 5.84. The van der Waals surface area contributed by atoms with Crippen LogP contribution < -0.4 is 14.8 Å². The number of rotatable bonds is 8. The highest BCUT2D eigenvalue weighted by Crippen LogP contribution is 2.47. The minimum atomic E-state index is -4.72. The summed E-state index contributed by atoms with van der Waals surface area (Å²) in [4.78, 5) is 12.4. The maximum absolute atomic E-state index is 15.6. The van der Waals surface area contributed by atoms with Crippen LogP contribution in [0, 0.1) is 5.82 Å².